The second kappa shape index (κ2) is 6.42. The molecule has 0 saturated carbocycles. The Morgan fingerprint density at radius 2 is 2.14 bits per heavy atom. The predicted molar refractivity (Wildman–Crippen MR) is 89.0 cm³/mol. The third-order valence-electron chi connectivity index (χ3n) is 3.59. The van der Waals surface area contributed by atoms with Crippen LogP contribution in [0.4, 0.5) is 10.7 Å². The number of fused-ring (bicyclic) bond motifs is 1. The van der Waals surface area contributed by atoms with E-state index >= 15 is 0 Å². The number of anilines is 1. The smallest absolute Gasteiger partial charge is 0.414 e. The molecule has 1 N–H and O–H groups in total. The third-order valence-corrected chi connectivity index (χ3v) is 4.46. The van der Waals surface area contributed by atoms with Gasteiger partial charge in [0.05, 0.1) is 11.8 Å². The van der Waals surface area contributed by atoms with E-state index in [1.807, 2.05) is 10.8 Å². The van der Waals surface area contributed by atoms with Gasteiger partial charge in [-0.05, 0) is 31.4 Å². The maximum atomic E-state index is 11.4. The fraction of sp³-hybridized carbons (Fsp3) is 0.733. The van der Waals surface area contributed by atoms with Crippen LogP contribution in [0, 0.1) is 5.41 Å². The summed E-state index contributed by atoms with van der Waals surface area (Å²) < 4.78 is 8.12. The van der Waals surface area contributed by atoms with Crippen molar-refractivity contribution in [2.75, 3.05) is 11.4 Å². The van der Waals surface area contributed by atoms with Crippen molar-refractivity contribution in [1.82, 2.24) is 9.55 Å². The Balaban J connectivity index is 2.31. The molecule has 124 valence electrons. The van der Waals surface area contributed by atoms with Crippen LogP contribution < -0.4 is 4.90 Å². The summed E-state index contributed by atoms with van der Waals surface area (Å²) in [7, 11) is -1.21. The molecule has 1 aromatic rings. The summed E-state index contributed by atoms with van der Waals surface area (Å²) in [4.78, 5) is 17.3. The van der Waals surface area contributed by atoms with E-state index in [0.29, 0.717) is 12.5 Å². The van der Waals surface area contributed by atoms with Crippen molar-refractivity contribution in [3.05, 3.63) is 11.9 Å². The quantitative estimate of drug-likeness (QED) is 0.863. The molecule has 1 atom stereocenters. The Labute approximate surface area is 133 Å². The van der Waals surface area contributed by atoms with E-state index in [0.717, 1.165) is 25.1 Å². The molecule has 0 radical (unpaired) electrons. The highest BCUT2D eigenvalue weighted by Gasteiger charge is 2.29. The number of rotatable bonds is 4. The summed E-state index contributed by atoms with van der Waals surface area (Å²) >= 11 is 0. The van der Waals surface area contributed by atoms with Gasteiger partial charge in [0.25, 0.3) is 0 Å². The molecule has 0 aromatic carbocycles. The van der Waals surface area contributed by atoms with Crippen LogP contribution in [-0.4, -0.2) is 36.3 Å². The molecule has 7 heteroatoms. The average Bonchev–Trinajstić information content (AvgIpc) is 2.78. The minimum Gasteiger partial charge on any atom is -0.465 e. The van der Waals surface area contributed by atoms with E-state index in [2.05, 4.69) is 38.8 Å². The highest BCUT2D eigenvalue weighted by Crippen LogP contribution is 2.34. The van der Waals surface area contributed by atoms with E-state index in [9.17, 15) is 9.90 Å². The summed E-state index contributed by atoms with van der Waals surface area (Å²) in [6, 6.07) is 0. The van der Waals surface area contributed by atoms with E-state index in [1.54, 1.807) is 0 Å². The predicted octanol–water partition coefficient (Wildman–Crippen LogP) is 3.25. The normalized spacial score (nSPS) is 16.7. The van der Waals surface area contributed by atoms with Gasteiger partial charge in [-0.15, -0.1) is 0 Å². The zero-order valence-electron chi connectivity index (χ0n) is 14.2. The van der Waals surface area contributed by atoms with Crippen LogP contribution in [0.25, 0.3) is 0 Å². The number of carbonyl (C=O) groups is 1. The molecule has 0 bridgehead atoms. The fourth-order valence-electron chi connectivity index (χ4n) is 2.75. The lowest BCUT2D eigenvalue weighted by molar-refractivity contribution is 0.143. The topological polar surface area (TPSA) is 67.6 Å². The molecule has 1 unspecified atom stereocenters. The maximum absolute atomic E-state index is 11.4. The van der Waals surface area contributed by atoms with E-state index < -0.39 is 15.1 Å². The summed E-state index contributed by atoms with van der Waals surface area (Å²) in [6.07, 6.45) is 2.67. The highest BCUT2D eigenvalue weighted by molar-refractivity contribution is 6.48. The molecule has 6 nitrogen and oxygen atoms in total. The van der Waals surface area contributed by atoms with Crippen molar-refractivity contribution in [3.8, 4) is 0 Å². The van der Waals surface area contributed by atoms with Crippen LogP contribution in [0.5, 0.6) is 0 Å². The van der Waals surface area contributed by atoms with Crippen LogP contribution in [0.1, 0.15) is 45.4 Å². The molecule has 2 heterocycles. The molecule has 0 saturated heterocycles. The average molecular weight is 325 g/mol. The van der Waals surface area contributed by atoms with Gasteiger partial charge in [-0.1, -0.05) is 20.8 Å². The minimum atomic E-state index is -1.21. The van der Waals surface area contributed by atoms with Crippen molar-refractivity contribution < 1.29 is 14.3 Å². The van der Waals surface area contributed by atoms with Gasteiger partial charge in [0.1, 0.15) is 0 Å². The second-order valence-corrected chi connectivity index (χ2v) is 9.75. The molecular formula is C15H27N3O3Si. The van der Waals surface area contributed by atoms with Crippen LogP contribution in [0.3, 0.4) is 0 Å². The summed E-state index contributed by atoms with van der Waals surface area (Å²) in [5, 5.41) is 9.31. The largest absolute Gasteiger partial charge is 0.465 e. The number of carboxylic acid groups (broad SMARTS) is 1. The molecule has 2 rings (SSSR count). The van der Waals surface area contributed by atoms with Crippen LogP contribution in [0.15, 0.2) is 6.20 Å². The molecule has 0 aliphatic carbocycles. The first kappa shape index (κ1) is 17.0. The van der Waals surface area contributed by atoms with Crippen LogP contribution >= 0.6 is 0 Å². The second-order valence-electron chi connectivity index (χ2n) is 7.39. The Morgan fingerprint density at radius 3 is 2.68 bits per heavy atom. The Hall–Kier alpha value is -1.34. The Bertz CT molecular complexity index is 537. The number of aromatic nitrogens is 2. The summed E-state index contributed by atoms with van der Waals surface area (Å²) in [5.74, 6) is 0.529. The Morgan fingerprint density at radius 1 is 1.45 bits per heavy atom. The van der Waals surface area contributed by atoms with E-state index in [4.69, 9.17) is 4.43 Å². The first-order valence-corrected chi connectivity index (χ1v) is 10.7. The maximum Gasteiger partial charge on any atom is 0.414 e. The minimum absolute atomic E-state index is 0.0552. The van der Waals surface area contributed by atoms with Crippen molar-refractivity contribution in [3.63, 3.8) is 0 Å². The SMILES string of the molecule is C[SiH](C)OC(CC(C)(C)C)c1cn2c(n1)N(C(=O)O)CCC2. The van der Waals surface area contributed by atoms with Gasteiger partial charge in [0.2, 0.25) is 5.95 Å². The number of hydrogen-bond donors (Lipinski definition) is 1. The zero-order chi connectivity index (χ0) is 16.5. The van der Waals surface area contributed by atoms with Gasteiger partial charge >= 0.3 is 6.09 Å². The number of aryl methyl sites for hydroxylation is 1. The van der Waals surface area contributed by atoms with Gasteiger partial charge in [-0.3, -0.25) is 0 Å². The molecule has 1 aliphatic rings. The van der Waals surface area contributed by atoms with E-state index in [1.165, 1.54) is 4.90 Å². The molecule has 1 amide bonds. The summed E-state index contributed by atoms with van der Waals surface area (Å²) in [6.45, 7) is 12.2. The van der Waals surface area contributed by atoms with Crippen molar-refractivity contribution in [1.29, 1.82) is 0 Å². The van der Waals surface area contributed by atoms with Gasteiger partial charge in [0.15, 0.2) is 9.04 Å². The lowest BCUT2D eigenvalue weighted by Gasteiger charge is -2.26. The van der Waals surface area contributed by atoms with E-state index in [-0.39, 0.29) is 11.5 Å². The van der Waals surface area contributed by atoms with Gasteiger partial charge in [-0.2, -0.15) is 0 Å². The van der Waals surface area contributed by atoms with Gasteiger partial charge < -0.3 is 14.1 Å². The molecule has 22 heavy (non-hydrogen) atoms. The lowest BCUT2D eigenvalue weighted by Crippen LogP contribution is -2.36. The van der Waals surface area contributed by atoms with Gasteiger partial charge in [0, 0.05) is 19.3 Å². The molecule has 1 aliphatic heterocycles. The molecule has 0 spiro atoms. The monoisotopic (exact) mass is 325 g/mol. The fourth-order valence-corrected chi connectivity index (χ4v) is 3.64. The third kappa shape index (κ3) is 4.10. The highest BCUT2D eigenvalue weighted by atomic mass is 28.3. The van der Waals surface area contributed by atoms with Crippen molar-refractivity contribution >= 4 is 21.1 Å². The number of hydrogen-bond acceptors (Lipinski definition) is 3. The van der Waals surface area contributed by atoms with Crippen LogP contribution in [-0.2, 0) is 11.0 Å². The molecule has 1 aromatic heterocycles. The number of imidazole rings is 1. The molecular weight excluding hydrogens is 298 g/mol. The Kier molecular flexibility index (Phi) is 4.96. The van der Waals surface area contributed by atoms with Crippen molar-refractivity contribution in [2.24, 2.45) is 5.41 Å². The molecule has 0 fully saturated rings. The first-order valence-electron chi connectivity index (χ1n) is 7.90. The summed E-state index contributed by atoms with van der Waals surface area (Å²) in [5.41, 5.74) is 0.990. The zero-order valence-corrected chi connectivity index (χ0v) is 15.3. The first-order chi connectivity index (χ1) is 10.2. The lowest BCUT2D eigenvalue weighted by atomic mass is 9.88. The van der Waals surface area contributed by atoms with Crippen LogP contribution in [0.2, 0.25) is 13.1 Å². The van der Waals surface area contributed by atoms with Crippen molar-refractivity contribution in [2.45, 2.75) is 59.4 Å². The standard InChI is InChI=1S/C15H27N3O3Si/c1-15(2,3)9-12(21-22(4)5)11-10-17-7-6-8-18(14(19)20)13(17)16-11/h10,12,22H,6-9H2,1-5H3,(H,19,20). The number of nitrogens with zero attached hydrogens (tertiary/aromatic N) is 3. The van der Waals surface area contributed by atoms with Gasteiger partial charge in [-0.25, -0.2) is 14.7 Å². The number of amides is 1.